The molecule has 0 fully saturated rings. The Hall–Kier alpha value is -2.10. The van der Waals surface area contributed by atoms with Gasteiger partial charge in [-0.3, -0.25) is 9.59 Å². The fourth-order valence-electron chi connectivity index (χ4n) is 2.74. The zero-order valence-corrected chi connectivity index (χ0v) is 12.6. The molecule has 0 bridgehead atoms. The number of carbonyl (C=O) groups is 2. The Kier molecular flexibility index (Phi) is 4.78. The van der Waals surface area contributed by atoms with E-state index in [1.54, 1.807) is 6.08 Å². The number of benzene rings is 1. The third kappa shape index (κ3) is 3.51. The molecule has 3 atom stereocenters. The first-order chi connectivity index (χ1) is 10.0. The number of hydrogen-bond acceptors (Lipinski definition) is 4. The Balaban J connectivity index is 2.09. The van der Waals surface area contributed by atoms with Gasteiger partial charge in [0.15, 0.2) is 5.78 Å². The van der Waals surface area contributed by atoms with Gasteiger partial charge in [0.2, 0.25) is 0 Å². The molecule has 0 radical (unpaired) electrons. The van der Waals surface area contributed by atoms with Crippen LogP contribution in [0.25, 0.3) is 0 Å². The number of ketones is 1. The first kappa shape index (κ1) is 15.3. The molecule has 1 N–H and O–H groups in total. The Bertz CT molecular complexity index is 550. The van der Waals surface area contributed by atoms with Gasteiger partial charge in [-0.25, -0.2) is 0 Å². The maximum absolute atomic E-state index is 12.1. The molecule has 4 heteroatoms. The average molecular weight is 287 g/mol. The van der Waals surface area contributed by atoms with Crippen LogP contribution in [0.15, 0.2) is 42.1 Å². The molecule has 0 aliphatic heterocycles. The monoisotopic (exact) mass is 287 g/mol. The third-order valence-electron chi connectivity index (χ3n) is 3.89. The number of methoxy groups -OCH3 is 1. The summed E-state index contributed by atoms with van der Waals surface area (Å²) in [4.78, 5) is 23.8. The molecule has 112 valence electrons. The largest absolute Gasteiger partial charge is 0.468 e. The lowest BCUT2D eigenvalue weighted by atomic mass is 9.81. The highest BCUT2D eigenvalue weighted by atomic mass is 16.5. The van der Waals surface area contributed by atoms with Crippen molar-refractivity contribution in [1.29, 1.82) is 0 Å². The van der Waals surface area contributed by atoms with Gasteiger partial charge in [0.25, 0.3) is 0 Å². The van der Waals surface area contributed by atoms with Gasteiger partial charge in [-0.2, -0.15) is 0 Å². The van der Waals surface area contributed by atoms with Crippen LogP contribution in [0.4, 0.5) is 0 Å². The number of hydrogen-bond donors (Lipinski definition) is 1. The highest BCUT2D eigenvalue weighted by molar-refractivity contribution is 6.06. The second-order valence-electron chi connectivity index (χ2n) is 5.53. The van der Waals surface area contributed by atoms with Crippen LogP contribution in [0, 0.1) is 11.8 Å². The van der Waals surface area contributed by atoms with E-state index >= 15 is 0 Å². The molecule has 0 saturated carbocycles. The molecular formula is C17H21NO3. The summed E-state index contributed by atoms with van der Waals surface area (Å²) in [6, 6.07) is 10.2. The van der Waals surface area contributed by atoms with E-state index in [-0.39, 0.29) is 17.7 Å². The van der Waals surface area contributed by atoms with Gasteiger partial charge in [-0.1, -0.05) is 37.3 Å². The van der Waals surface area contributed by atoms with Crippen LogP contribution in [0.1, 0.15) is 31.9 Å². The Morgan fingerprint density at radius 3 is 2.57 bits per heavy atom. The van der Waals surface area contributed by atoms with E-state index in [4.69, 9.17) is 4.74 Å². The second-order valence-corrected chi connectivity index (χ2v) is 5.53. The summed E-state index contributed by atoms with van der Waals surface area (Å²) in [5.41, 5.74) is 2.04. The molecule has 1 aromatic rings. The van der Waals surface area contributed by atoms with Gasteiger partial charge < -0.3 is 10.1 Å². The summed E-state index contributed by atoms with van der Waals surface area (Å²) in [6.07, 6.45) is 2.21. The molecule has 21 heavy (non-hydrogen) atoms. The number of rotatable bonds is 4. The maximum atomic E-state index is 12.1. The zero-order chi connectivity index (χ0) is 15.4. The van der Waals surface area contributed by atoms with Gasteiger partial charge in [0.1, 0.15) is 5.92 Å². The van der Waals surface area contributed by atoms with Crippen molar-refractivity contribution in [2.24, 2.45) is 11.8 Å². The molecule has 0 spiro atoms. The first-order valence-electron chi connectivity index (χ1n) is 7.16. The van der Waals surface area contributed by atoms with Crippen molar-refractivity contribution in [3.05, 3.63) is 47.7 Å². The van der Waals surface area contributed by atoms with Crippen molar-refractivity contribution in [2.45, 2.75) is 26.3 Å². The van der Waals surface area contributed by atoms with E-state index in [2.05, 4.69) is 12.2 Å². The molecule has 4 nitrogen and oxygen atoms in total. The van der Waals surface area contributed by atoms with Crippen LogP contribution in [-0.4, -0.2) is 18.9 Å². The number of allylic oxidation sites excluding steroid dienone is 2. The van der Waals surface area contributed by atoms with Crippen molar-refractivity contribution in [3.8, 4) is 0 Å². The average Bonchev–Trinajstić information content (AvgIpc) is 2.47. The summed E-state index contributed by atoms with van der Waals surface area (Å²) in [6.45, 7) is 3.96. The van der Waals surface area contributed by atoms with Crippen molar-refractivity contribution in [3.63, 3.8) is 0 Å². The Morgan fingerprint density at radius 1 is 1.33 bits per heavy atom. The maximum Gasteiger partial charge on any atom is 0.316 e. The fourth-order valence-corrected chi connectivity index (χ4v) is 2.74. The predicted octanol–water partition coefficient (Wildman–Crippen LogP) is 2.62. The van der Waals surface area contributed by atoms with Crippen molar-refractivity contribution in [2.75, 3.05) is 7.11 Å². The molecule has 1 aliphatic rings. The number of nitrogens with one attached hydrogen (secondary N) is 1. The standard InChI is InChI=1S/C17H21NO3/c1-11-9-14(10-15(19)16(11)17(20)21-3)18-12(2)13-7-5-4-6-8-13/h4-8,10-12,16,18H,9H2,1-3H3. The molecule has 0 saturated heterocycles. The minimum atomic E-state index is -0.674. The summed E-state index contributed by atoms with van der Waals surface area (Å²) in [7, 11) is 1.32. The van der Waals surface area contributed by atoms with Crippen molar-refractivity contribution in [1.82, 2.24) is 5.32 Å². The lowest BCUT2D eigenvalue weighted by molar-refractivity contribution is -0.150. The summed E-state index contributed by atoms with van der Waals surface area (Å²) in [5.74, 6) is -1.35. The molecule has 2 rings (SSSR count). The molecule has 0 heterocycles. The van der Waals surface area contributed by atoms with Crippen LogP contribution in [0.3, 0.4) is 0 Å². The zero-order valence-electron chi connectivity index (χ0n) is 12.6. The van der Waals surface area contributed by atoms with E-state index < -0.39 is 11.9 Å². The van der Waals surface area contributed by atoms with Gasteiger partial charge in [0, 0.05) is 17.8 Å². The number of ether oxygens (including phenoxy) is 1. The van der Waals surface area contributed by atoms with Gasteiger partial charge in [-0.15, -0.1) is 0 Å². The number of esters is 1. The van der Waals surface area contributed by atoms with Crippen LogP contribution < -0.4 is 5.32 Å². The minimum absolute atomic E-state index is 0.0552. The lowest BCUT2D eigenvalue weighted by Crippen LogP contribution is -2.36. The van der Waals surface area contributed by atoms with E-state index in [1.165, 1.54) is 7.11 Å². The highest BCUT2D eigenvalue weighted by Gasteiger charge is 2.35. The van der Waals surface area contributed by atoms with Crippen molar-refractivity contribution < 1.29 is 14.3 Å². The van der Waals surface area contributed by atoms with Crippen LogP contribution in [-0.2, 0) is 14.3 Å². The SMILES string of the molecule is COC(=O)C1C(=O)C=C(NC(C)c2ccccc2)CC1C. The molecule has 1 aliphatic carbocycles. The van der Waals surface area contributed by atoms with E-state index in [1.807, 2.05) is 37.3 Å². The summed E-state index contributed by atoms with van der Waals surface area (Å²) >= 11 is 0. The minimum Gasteiger partial charge on any atom is -0.468 e. The van der Waals surface area contributed by atoms with Gasteiger partial charge in [-0.05, 0) is 24.8 Å². The van der Waals surface area contributed by atoms with Gasteiger partial charge >= 0.3 is 5.97 Å². The predicted molar refractivity (Wildman–Crippen MR) is 80.4 cm³/mol. The quantitative estimate of drug-likeness (QED) is 0.683. The first-order valence-corrected chi connectivity index (χ1v) is 7.16. The van der Waals surface area contributed by atoms with Crippen molar-refractivity contribution >= 4 is 11.8 Å². The highest BCUT2D eigenvalue weighted by Crippen LogP contribution is 2.28. The van der Waals surface area contributed by atoms with Gasteiger partial charge in [0.05, 0.1) is 7.11 Å². The smallest absolute Gasteiger partial charge is 0.316 e. The second kappa shape index (κ2) is 6.57. The number of carbonyl (C=O) groups excluding carboxylic acids is 2. The van der Waals surface area contributed by atoms with Crippen LogP contribution in [0.5, 0.6) is 0 Å². The molecule has 0 aromatic heterocycles. The summed E-state index contributed by atoms with van der Waals surface area (Å²) in [5, 5.41) is 3.36. The molecule has 1 aromatic carbocycles. The summed E-state index contributed by atoms with van der Waals surface area (Å²) < 4.78 is 4.71. The Morgan fingerprint density at radius 2 is 2.00 bits per heavy atom. The molecular weight excluding hydrogens is 266 g/mol. The third-order valence-corrected chi connectivity index (χ3v) is 3.89. The van der Waals surface area contributed by atoms with E-state index in [0.717, 1.165) is 11.3 Å². The fraction of sp³-hybridized carbons (Fsp3) is 0.412. The van der Waals surface area contributed by atoms with E-state index in [0.29, 0.717) is 6.42 Å². The molecule has 3 unspecified atom stereocenters. The molecule has 0 amide bonds. The van der Waals surface area contributed by atoms with Crippen LogP contribution in [0.2, 0.25) is 0 Å². The van der Waals surface area contributed by atoms with E-state index in [9.17, 15) is 9.59 Å². The normalized spacial score (nSPS) is 23.2. The Labute approximate surface area is 125 Å². The topological polar surface area (TPSA) is 55.4 Å². The lowest BCUT2D eigenvalue weighted by Gasteiger charge is -2.28. The van der Waals surface area contributed by atoms with Crippen LogP contribution >= 0.6 is 0 Å².